The fourth-order valence-corrected chi connectivity index (χ4v) is 0.590. The van der Waals surface area contributed by atoms with Gasteiger partial charge in [0.15, 0.2) is 0 Å². The van der Waals surface area contributed by atoms with E-state index in [0.717, 1.165) is 0 Å². The zero-order valence-electron chi connectivity index (χ0n) is 6.01. The molecule has 0 aliphatic heterocycles. The van der Waals surface area contributed by atoms with E-state index in [1.54, 1.807) is 0 Å². The maximum absolute atomic E-state index is 11.6. The second-order valence-electron chi connectivity index (χ2n) is 2.33. The fourth-order valence-electron chi connectivity index (χ4n) is 0.590. The number of primary amides is 1. The molecule has 12 heavy (non-hydrogen) atoms. The van der Waals surface area contributed by atoms with Gasteiger partial charge in [-0.1, -0.05) is 0 Å². The van der Waals surface area contributed by atoms with Crippen molar-refractivity contribution in [1.29, 1.82) is 0 Å². The zero-order chi connectivity index (χ0) is 9.94. The van der Waals surface area contributed by atoms with Gasteiger partial charge in [0.1, 0.15) is 6.10 Å². The van der Waals surface area contributed by atoms with Crippen molar-refractivity contribution in [3.63, 3.8) is 0 Å². The van der Waals surface area contributed by atoms with Crippen LogP contribution >= 0.6 is 0 Å². The van der Waals surface area contributed by atoms with Crippen LogP contribution in [0.5, 0.6) is 0 Å². The molecule has 0 aliphatic carbocycles. The summed E-state index contributed by atoms with van der Waals surface area (Å²) in [5.74, 6) is -1.26. The molecule has 2 atom stereocenters. The molecular weight excluding hydrogens is 177 g/mol. The predicted octanol–water partition coefficient (Wildman–Crippen LogP) is -0.888. The van der Waals surface area contributed by atoms with Gasteiger partial charge >= 0.3 is 6.18 Å². The van der Waals surface area contributed by atoms with Gasteiger partial charge in [0.2, 0.25) is 5.91 Å². The summed E-state index contributed by atoms with van der Waals surface area (Å²) < 4.78 is 34.8. The van der Waals surface area contributed by atoms with Crippen LogP contribution in [0.15, 0.2) is 0 Å². The van der Waals surface area contributed by atoms with Crippen molar-refractivity contribution < 1.29 is 23.1 Å². The number of aliphatic hydroxyl groups excluding tert-OH is 1. The van der Waals surface area contributed by atoms with Crippen LogP contribution in [0.3, 0.4) is 0 Å². The Labute approximate surface area is 66.3 Å². The van der Waals surface area contributed by atoms with Gasteiger partial charge in [-0.25, -0.2) is 0 Å². The van der Waals surface area contributed by atoms with Crippen LogP contribution in [-0.2, 0) is 4.79 Å². The molecule has 0 aromatic carbocycles. The zero-order valence-corrected chi connectivity index (χ0v) is 6.01. The molecule has 0 spiro atoms. The molecule has 1 amide bonds. The van der Waals surface area contributed by atoms with Crippen molar-refractivity contribution in [2.75, 3.05) is 0 Å². The second kappa shape index (κ2) is 3.72. The molecule has 0 aromatic rings. The van der Waals surface area contributed by atoms with Gasteiger partial charge in [-0.15, -0.1) is 0 Å². The standard InChI is InChI=1S/C5H9F3N2O2/c6-5(7,8)1-2(9)3(11)4(10)12/h2-3,11H,1,9H2,(H2,10,12). The number of halogens is 3. The van der Waals surface area contributed by atoms with E-state index in [-0.39, 0.29) is 0 Å². The largest absolute Gasteiger partial charge is 0.390 e. The van der Waals surface area contributed by atoms with Crippen molar-refractivity contribution >= 4 is 5.91 Å². The molecule has 0 aliphatic rings. The van der Waals surface area contributed by atoms with Crippen LogP contribution in [0.1, 0.15) is 6.42 Å². The first-order chi connectivity index (χ1) is 5.24. The van der Waals surface area contributed by atoms with Crippen molar-refractivity contribution in [3.8, 4) is 0 Å². The Balaban J connectivity index is 4.04. The molecule has 0 saturated carbocycles. The number of carbonyl (C=O) groups is 1. The predicted molar refractivity (Wildman–Crippen MR) is 33.8 cm³/mol. The van der Waals surface area contributed by atoms with Crippen LogP contribution in [0.2, 0.25) is 0 Å². The minimum absolute atomic E-state index is 1.26. The Morgan fingerprint density at radius 3 is 2.17 bits per heavy atom. The average molecular weight is 186 g/mol. The molecule has 0 rings (SSSR count). The number of alkyl halides is 3. The van der Waals surface area contributed by atoms with Crippen LogP contribution in [-0.4, -0.2) is 29.3 Å². The van der Waals surface area contributed by atoms with Gasteiger partial charge in [-0.05, 0) is 0 Å². The summed E-state index contributed by atoms with van der Waals surface area (Å²) in [6.07, 6.45) is -7.89. The number of rotatable bonds is 3. The number of aliphatic hydroxyl groups is 1. The lowest BCUT2D eigenvalue weighted by molar-refractivity contribution is -0.147. The molecule has 72 valence electrons. The minimum Gasteiger partial charge on any atom is -0.382 e. The lowest BCUT2D eigenvalue weighted by Gasteiger charge is -2.16. The van der Waals surface area contributed by atoms with Gasteiger partial charge in [-0.2, -0.15) is 13.2 Å². The summed E-state index contributed by atoms with van der Waals surface area (Å²) in [6, 6.07) is -1.69. The molecule has 2 unspecified atom stereocenters. The Bertz CT molecular complexity index is 171. The van der Waals surface area contributed by atoms with Crippen LogP contribution in [0.25, 0.3) is 0 Å². The maximum atomic E-state index is 11.6. The van der Waals surface area contributed by atoms with E-state index >= 15 is 0 Å². The summed E-state index contributed by atoms with van der Waals surface area (Å²) in [4.78, 5) is 10.2. The Kier molecular flexibility index (Phi) is 3.47. The van der Waals surface area contributed by atoms with Crippen molar-refractivity contribution in [2.45, 2.75) is 24.7 Å². The van der Waals surface area contributed by atoms with Crippen molar-refractivity contribution in [2.24, 2.45) is 11.5 Å². The Morgan fingerprint density at radius 1 is 1.50 bits per heavy atom. The lowest BCUT2D eigenvalue weighted by atomic mass is 10.1. The van der Waals surface area contributed by atoms with E-state index in [1.165, 1.54) is 0 Å². The average Bonchev–Trinajstić information content (AvgIpc) is 1.82. The highest BCUT2D eigenvalue weighted by Crippen LogP contribution is 2.21. The van der Waals surface area contributed by atoms with Crippen molar-refractivity contribution in [1.82, 2.24) is 0 Å². The third kappa shape index (κ3) is 4.14. The van der Waals surface area contributed by atoms with Gasteiger partial charge in [0.05, 0.1) is 6.42 Å². The lowest BCUT2D eigenvalue weighted by Crippen LogP contribution is -2.46. The molecule has 0 bridgehead atoms. The number of carbonyl (C=O) groups excluding carboxylic acids is 1. The van der Waals surface area contributed by atoms with Crippen LogP contribution in [0, 0.1) is 0 Å². The minimum atomic E-state index is -4.50. The molecule has 7 heteroatoms. The molecule has 4 nitrogen and oxygen atoms in total. The normalized spacial score (nSPS) is 17.1. The molecule has 5 N–H and O–H groups in total. The number of hydrogen-bond acceptors (Lipinski definition) is 3. The van der Waals surface area contributed by atoms with E-state index in [9.17, 15) is 18.0 Å². The third-order valence-corrected chi connectivity index (χ3v) is 1.16. The molecule has 0 radical (unpaired) electrons. The summed E-state index contributed by atoms with van der Waals surface area (Å²) in [5.41, 5.74) is 9.35. The molecular formula is C5H9F3N2O2. The highest BCUT2D eigenvalue weighted by atomic mass is 19.4. The van der Waals surface area contributed by atoms with E-state index in [4.69, 9.17) is 10.8 Å². The maximum Gasteiger partial charge on any atom is 0.390 e. The first kappa shape index (κ1) is 11.2. The van der Waals surface area contributed by atoms with Crippen molar-refractivity contribution in [3.05, 3.63) is 0 Å². The molecule has 0 heterocycles. The Hall–Kier alpha value is -0.820. The number of hydrogen-bond donors (Lipinski definition) is 3. The quantitative estimate of drug-likeness (QED) is 0.534. The summed E-state index contributed by atoms with van der Waals surface area (Å²) in [7, 11) is 0. The van der Waals surface area contributed by atoms with E-state index in [0.29, 0.717) is 0 Å². The monoisotopic (exact) mass is 186 g/mol. The highest BCUT2D eigenvalue weighted by Gasteiger charge is 2.34. The smallest absolute Gasteiger partial charge is 0.382 e. The number of nitrogens with two attached hydrogens (primary N) is 2. The highest BCUT2D eigenvalue weighted by molar-refractivity contribution is 5.79. The topological polar surface area (TPSA) is 89.3 Å². The Morgan fingerprint density at radius 2 is 1.92 bits per heavy atom. The summed E-state index contributed by atoms with van der Waals surface area (Å²) >= 11 is 0. The van der Waals surface area contributed by atoms with Gasteiger partial charge in [0, 0.05) is 6.04 Å². The fraction of sp³-hybridized carbons (Fsp3) is 0.800. The van der Waals surface area contributed by atoms with Gasteiger partial charge < -0.3 is 16.6 Å². The first-order valence-corrected chi connectivity index (χ1v) is 3.04. The molecule has 0 saturated heterocycles. The molecule has 0 aromatic heterocycles. The van der Waals surface area contributed by atoms with Gasteiger partial charge in [0.25, 0.3) is 0 Å². The first-order valence-electron chi connectivity index (χ1n) is 3.04. The van der Waals surface area contributed by atoms with Crippen LogP contribution < -0.4 is 11.5 Å². The van der Waals surface area contributed by atoms with Gasteiger partial charge in [-0.3, -0.25) is 4.79 Å². The van der Waals surface area contributed by atoms with E-state index in [2.05, 4.69) is 5.73 Å². The van der Waals surface area contributed by atoms with E-state index in [1.807, 2.05) is 0 Å². The third-order valence-electron chi connectivity index (χ3n) is 1.16. The SMILES string of the molecule is NC(=O)C(O)C(N)CC(F)(F)F. The summed E-state index contributed by atoms with van der Waals surface area (Å²) in [6.45, 7) is 0. The summed E-state index contributed by atoms with van der Waals surface area (Å²) in [5, 5.41) is 8.66. The van der Waals surface area contributed by atoms with E-state index < -0.39 is 30.7 Å². The van der Waals surface area contributed by atoms with Crippen LogP contribution in [0.4, 0.5) is 13.2 Å². The number of amides is 1. The molecule has 0 fully saturated rings. The second-order valence-corrected chi connectivity index (χ2v) is 2.33.